The van der Waals surface area contributed by atoms with Crippen LogP contribution in [0.5, 0.6) is 0 Å². The van der Waals surface area contributed by atoms with Gasteiger partial charge >= 0.3 is 6.15 Å². The van der Waals surface area contributed by atoms with Crippen LogP contribution < -0.4 is 0 Å². The molecule has 0 aliphatic heterocycles. The van der Waals surface area contributed by atoms with Crippen molar-refractivity contribution in [2.45, 2.75) is 19.8 Å². The summed E-state index contributed by atoms with van der Waals surface area (Å²) in [4.78, 5) is 16.2. The van der Waals surface area contributed by atoms with Gasteiger partial charge < -0.3 is 9.04 Å². The monoisotopic (exact) mass is 305 g/mol. The smallest absolute Gasteiger partial charge is 0.373 e. The zero-order valence-electron chi connectivity index (χ0n) is 11.9. The van der Waals surface area contributed by atoms with E-state index in [2.05, 4.69) is 20.1 Å². The Morgan fingerprint density at radius 1 is 1.15 bits per heavy atom. The quantitative estimate of drug-likeness (QED) is 0.340. The Kier molecular flexibility index (Phi) is 12.1. The van der Waals surface area contributed by atoms with Crippen molar-refractivity contribution in [3.05, 3.63) is 25.3 Å². The van der Waals surface area contributed by atoms with E-state index in [1.807, 2.05) is 12.2 Å². The van der Waals surface area contributed by atoms with Crippen molar-refractivity contribution in [1.82, 2.24) is 0 Å². The van der Waals surface area contributed by atoms with Crippen molar-refractivity contribution in [3.8, 4) is 0 Å². The Morgan fingerprint density at radius 2 is 1.60 bits per heavy atom. The second kappa shape index (κ2) is 11.5. The lowest BCUT2D eigenvalue weighted by molar-refractivity contribution is -0.917. The van der Waals surface area contributed by atoms with Gasteiger partial charge in [0.15, 0.2) is 0 Å². The predicted molar refractivity (Wildman–Crippen MR) is 74.6 cm³/mol. The van der Waals surface area contributed by atoms with Crippen molar-refractivity contribution in [1.29, 1.82) is 0 Å². The van der Waals surface area contributed by atoms with E-state index in [9.17, 15) is 13.0 Å². The SMILES string of the molecule is C=CC[N+](CC=C)(CCC)CCCS(=O)(=O)[O-].O=C=O. The molecule has 7 heteroatoms. The number of quaternary nitrogens is 1. The minimum atomic E-state index is -4.10. The Hall–Kier alpha value is -1.27. The molecule has 0 spiro atoms. The first kappa shape index (κ1) is 21.0. The van der Waals surface area contributed by atoms with Gasteiger partial charge in [0.05, 0.1) is 36.3 Å². The van der Waals surface area contributed by atoms with Gasteiger partial charge in [-0.3, -0.25) is 0 Å². The second-order valence-corrected chi connectivity index (χ2v) is 5.95. The summed E-state index contributed by atoms with van der Waals surface area (Å²) < 4.78 is 32.5. The summed E-state index contributed by atoms with van der Waals surface area (Å²) in [5.41, 5.74) is 0. The van der Waals surface area contributed by atoms with Crippen LogP contribution in [0.2, 0.25) is 0 Å². The molecule has 0 fully saturated rings. The van der Waals surface area contributed by atoms with Crippen molar-refractivity contribution >= 4 is 16.3 Å². The number of rotatable bonds is 10. The highest BCUT2D eigenvalue weighted by atomic mass is 32.2. The van der Waals surface area contributed by atoms with E-state index < -0.39 is 10.1 Å². The second-order valence-electron chi connectivity index (χ2n) is 4.43. The van der Waals surface area contributed by atoms with E-state index in [0.717, 1.165) is 30.5 Å². The van der Waals surface area contributed by atoms with Gasteiger partial charge in [0, 0.05) is 12.2 Å². The maximum absolute atomic E-state index is 10.6. The molecule has 0 aromatic heterocycles. The van der Waals surface area contributed by atoms with Crippen molar-refractivity contribution in [2.75, 3.05) is 31.9 Å². The van der Waals surface area contributed by atoms with Crippen LogP contribution in [0.4, 0.5) is 0 Å². The van der Waals surface area contributed by atoms with Crippen LogP contribution in [0, 0.1) is 0 Å². The molecule has 0 saturated heterocycles. The van der Waals surface area contributed by atoms with Crippen LogP contribution in [0.15, 0.2) is 25.3 Å². The number of carbonyl (C=O) groups excluding carboxylic acids is 2. The molecule has 6 nitrogen and oxygen atoms in total. The molecule has 0 unspecified atom stereocenters. The Labute approximate surface area is 121 Å². The molecule has 0 aliphatic rings. The summed E-state index contributed by atoms with van der Waals surface area (Å²) in [5, 5.41) is 0. The summed E-state index contributed by atoms with van der Waals surface area (Å²) in [6.45, 7) is 12.7. The first-order chi connectivity index (χ1) is 9.30. The molecular weight excluding hydrogens is 282 g/mol. The fourth-order valence-corrected chi connectivity index (χ4v) is 2.63. The predicted octanol–water partition coefficient (Wildman–Crippen LogP) is 0.937. The highest BCUT2D eigenvalue weighted by Crippen LogP contribution is 2.11. The molecule has 0 rings (SSSR count). The summed E-state index contributed by atoms with van der Waals surface area (Å²) in [6.07, 6.45) is 5.33. The van der Waals surface area contributed by atoms with Gasteiger partial charge in [0.1, 0.15) is 0 Å². The first-order valence-electron chi connectivity index (χ1n) is 6.30. The number of hydrogen-bond donors (Lipinski definition) is 0. The molecule has 0 aromatic rings. The lowest BCUT2D eigenvalue weighted by Crippen LogP contribution is -2.49. The lowest BCUT2D eigenvalue weighted by atomic mass is 10.2. The Balaban J connectivity index is 0. The highest BCUT2D eigenvalue weighted by Gasteiger charge is 2.23. The molecule has 0 amide bonds. The molecule has 0 N–H and O–H groups in total. The third kappa shape index (κ3) is 11.8. The van der Waals surface area contributed by atoms with Gasteiger partial charge in [0.2, 0.25) is 0 Å². The summed E-state index contributed by atoms with van der Waals surface area (Å²) in [7, 11) is -4.10. The Bertz CT molecular complexity index is 400. The van der Waals surface area contributed by atoms with Gasteiger partial charge in [-0.1, -0.05) is 20.1 Å². The fraction of sp³-hybridized carbons (Fsp3) is 0.615. The Morgan fingerprint density at radius 3 is 1.90 bits per heavy atom. The molecule has 0 radical (unpaired) electrons. The third-order valence-corrected chi connectivity index (χ3v) is 3.55. The van der Waals surface area contributed by atoms with E-state index in [4.69, 9.17) is 9.59 Å². The molecule has 0 heterocycles. The van der Waals surface area contributed by atoms with Gasteiger partial charge in [-0.05, 0) is 18.6 Å². The third-order valence-electron chi connectivity index (χ3n) is 2.76. The van der Waals surface area contributed by atoms with E-state index >= 15 is 0 Å². The van der Waals surface area contributed by atoms with Crippen molar-refractivity contribution in [2.24, 2.45) is 0 Å². The van der Waals surface area contributed by atoms with E-state index in [1.165, 1.54) is 0 Å². The van der Waals surface area contributed by atoms with E-state index in [0.29, 0.717) is 13.0 Å². The topological polar surface area (TPSA) is 91.3 Å². The fourth-order valence-electron chi connectivity index (χ4n) is 2.15. The van der Waals surface area contributed by atoms with Crippen LogP contribution in [-0.2, 0) is 19.7 Å². The number of nitrogens with zero attached hydrogens (tertiary/aromatic N) is 1. The molecule has 20 heavy (non-hydrogen) atoms. The average molecular weight is 305 g/mol. The van der Waals surface area contributed by atoms with Crippen LogP contribution >= 0.6 is 0 Å². The van der Waals surface area contributed by atoms with Crippen molar-refractivity contribution < 1.29 is 27.0 Å². The van der Waals surface area contributed by atoms with Gasteiger partial charge in [-0.25, -0.2) is 8.42 Å². The average Bonchev–Trinajstić information content (AvgIpc) is 2.29. The largest absolute Gasteiger partial charge is 0.748 e. The normalized spacial score (nSPS) is 10.9. The lowest BCUT2D eigenvalue weighted by Gasteiger charge is -2.37. The van der Waals surface area contributed by atoms with Gasteiger partial charge in [-0.15, -0.1) is 0 Å². The van der Waals surface area contributed by atoms with Crippen LogP contribution in [0.25, 0.3) is 0 Å². The molecule has 116 valence electrons. The maximum Gasteiger partial charge on any atom is 0.373 e. The minimum Gasteiger partial charge on any atom is -0.748 e. The number of hydrogen-bond acceptors (Lipinski definition) is 5. The molecule has 0 saturated carbocycles. The highest BCUT2D eigenvalue weighted by molar-refractivity contribution is 7.85. The van der Waals surface area contributed by atoms with Crippen LogP contribution in [0.3, 0.4) is 0 Å². The zero-order valence-corrected chi connectivity index (χ0v) is 12.7. The molecule has 0 bridgehead atoms. The van der Waals surface area contributed by atoms with Crippen LogP contribution in [0.1, 0.15) is 19.8 Å². The summed E-state index contributed by atoms with van der Waals surface area (Å²) in [6, 6.07) is 0. The summed E-state index contributed by atoms with van der Waals surface area (Å²) >= 11 is 0. The van der Waals surface area contributed by atoms with Gasteiger partial charge in [0.25, 0.3) is 0 Å². The molecule has 0 aliphatic carbocycles. The molecule has 0 atom stereocenters. The first-order valence-corrected chi connectivity index (χ1v) is 7.88. The molecule has 0 aromatic carbocycles. The van der Waals surface area contributed by atoms with Crippen LogP contribution in [-0.4, -0.2) is 55.5 Å². The summed E-state index contributed by atoms with van der Waals surface area (Å²) in [5.74, 6) is -0.287. The van der Waals surface area contributed by atoms with E-state index in [-0.39, 0.29) is 11.9 Å². The zero-order chi connectivity index (χ0) is 16.1. The van der Waals surface area contributed by atoms with Gasteiger partial charge in [-0.2, -0.15) is 9.59 Å². The maximum atomic E-state index is 10.6. The molecular formula is C13H23NO5S. The van der Waals surface area contributed by atoms with Crippen molar-refractivity contribution in [3.63, 3.8) is 0 Å². The minimum absolute atomic E-state index is 0.250. The van der Waals surface area contributed by atoms with E-state index in [1.54, 1.807) is 0 Å². The standard InChI is InChI=1S/C12H23NO3S.CO2/c1-4-8-13(9-5-2,10-6-3)11-7-12-17(14,15)16;2-1-3/h4-5H,1-2,6-12H2,3H3;.